The molecule has 0 saturated heterocycles. The molecule has 4 rings (SSSR count). The summed E-state index contributed by atoms with van der Waals surface area (Å²) >= 11 is 3.08. The van der Waals surface area contributed by atoms with E-state index in [4.69, 9.17) is 9.47 Å². The second kappa shape index (κ2) is 5.64. The zero-order valence-corrected chi connectivity index (χ0v) is 14.0. The Morgan fingerprint density at radius 3 is 2.70 bits per heavy atom. The number of benzene rings is 1. The van der Waals surface area contributed by atoms with E-state index in [-0.39, 0.29) is 0 Å². The van der Waals surface area contributed by atoms with Gasteiger partial charge in [0.25, 0.3) is 0 Å². The van der Waals surface area contributed by atoms with E-state index in [0.29, 0.717) is 11.5 Å². The average molecular weight is 344 g/mol. The van der Waals surface area contributed by atoms with Gasteiger partial charge < -0.3 is 9.47 Å². The molecule has 0 bridgehead atoms. The third-order valence-corrected chi connectivity index (χ3v) is 5.16. The van der Waals surface area contributed by atoms with Crippen molar-refractivity contribution in [2.45, 2.75) is 0 Å². The van der Waals surface area contributed by atoms with Gasteiger partial charge in [-0.3, -0.25) is 0 Å². The van der Waals surface area contributed by atoms with Gasteiger partial charge in [0.05, 0.1) is 24.7 Å². The third kappa shape index (κ3) is 2.27. The number of hydrogen-bond acceptors (Lipinski definition) is 7. The molecule has 0 N–H and O–H groups in total. The molecule has 3 heterocycles. The number of para-hydroxylation sites is 1. The molecule has 23 heavy (non-hydrogen) atoms. The van der Waals surface area contributed by atoms with Crippen molar-refractivity contribution in [2.75, 3.05) is 14.2 Å². The van der Waals surface area contributed by atoms with Crippen LogP contribution in [-0.2, 0) is 0 Å². The van der Waals surface area contributed by atoms with Crippen molar-refractivity contribution in [3.05, 3.63) is 35.7 Å². The summed E-state index contributed by atoms with van der Waals surface area (Å²) in [6, 6.07) is 9.72. The molecule has 6 nitrogen and oxygen atoms in total. The monoisotopic (exact) mass is 344 g/mol. The zero-order valence-electron chi connectivity index (χ0n) is 12.4. The minimum Gasteiger partial charge on any atom is -0.493 e. The van der Waals surface area contributed by atoms with Crippen LogP contribution in [0.5, 0.6) is 11.5 Å². The first-order chi connectivity index (χ1) is 11.3. The zero-order chi connectivity index (χ0) is 15.8. The van der Waals surface area contributed by atoms with E-state index < -0.39 is 0 Å². The van der Waals surface area contributed by atoms with Gasteiger partial charge in [0.2, 0.25) is 4.96 Å². The van der Waals surface area contributed by atoms with Gasteiger partial charge in [0.15, 0.2) is 22.3 Å². The summed E-state index contributed by atoms with van der Waals surface area (Å²) in [4.78, 5) is 1.78. The number of aromatic nitrogens is 4. The van der Waals surface area contributed by atoms with Gasteiger partial charge in [-0.1, -0.05) is 23.5 Å². The molecule has 0 aliphatic rings. The maximum absolute atomic E-state index is 5.50. The fourth-order valence-electron chi connectivity index (χ4n) is 2.34. The topological polar surface area (TPSA) is 61.5 Å². The fraction of sp³-hybridized carbons (Fsp3) is 0.133. The quantitative estimate of drug-likeness (QED) is 0.566. The normalized spacial score (nSPS) is 11.0. The molecular formula is C15H12N4O2S2. The van der Waals surface area contributed by atoms with Crippen molar-refractivity contribution in [2.24, 2.45) is 0 Å². The van der Waals surface area contributed by atoms with Gasteiger partial charge in [-0.15, -0.1) is 21.5 Å². The number of hydrogen-bond donors (Lipinski definition) is 0. The Hall–Kier alpha value is -2.45. The molecule has 116 valence electrons. The largest absolute Gasteiger partial charge is 0.493 e. The smallest absolute Gasteiger partial charge is 0.235 e. The summed E-state index contributed by atoms with van der Waals surface area (Å²) in [6.07, 6.45) is 0. The molecule has 0 unspecified atom stereocenters. The van der Waals surface area contributed by atoms with Crippen molar-refractivity contribution in [1.82, 2.24) is 19.8 Å². The Labute approximate surface area is 139 Å². The number of nitrogens with zero attached hydrogens (tertiary/aromatic N) is 4. The van der Waals surface area contributed by atoms with E-state index >= 15 is 0 Å². The summed E-state index contributed by atoms with van der Waals surface area (Å²) in [7, 11) is 3.24. The van der Waals surface area contributed by atoms with Gasteiger partial charge >= 0.3 is 0 Å². The van der Waals surface area contributed by atoms with Gasteiger partial charge in [-0.2, -0.15) is 9.61 Å². The second-order valence-electron chi connectivity index (χ2n) is 4.64. The maximum Gasteiger partial charge on any atom is 0.235 e. The van der Waals surface area contributed by atoms with Crippen LogP contribution in [-0.4, -0.2) is 34.0 Å². The highest BCUT2D eigenvalue weighted by Crippen LogP contribution is 2.39. The van der Waals surface area contributed by atoms with Crippen LogP contribution >= 0.6 is 22.7 Å². The van der Waals surface area contributed by atoms with Crippen molar-refractivity contribution >= 4 is 27.6 Å². The number of thiophene rings is 1. The van der Waals surface area contributed by atoms with Crippen LogP contribution < -0.4 is 9.47 Å². The Balaban J connectivity index is 1.88. The average Bonchev–Trinajstić information content (AvgIpc) is 3.29. The molecule has 0 amide bonds. The summed E-state index contributed by atoms with van der Waals surface area (Å²) in [6.45, 7) is 0. The van der Waals surface area contributed by atoms with E-state index in [1.165, 1.54) is 11.3 Å². The minimum absolute atomic E-state index is 0.664. The lowest BCUT2D eigenvalue weighted by molar-refractivity contribution is 0.356. The third-order valence-electron chi connectivity index (χ3n) is 3.37. The van der Waals surface area contributed by atoms with Crippen molar-refractivity contribution < 1.29 is 9.47 Å². The number of methoxy groups -OCH3 is 2. The predicted octanol–water partition coefficient (Wildman–Crippen LogP) is 3.60. The highest BCUT2D eigenvalue weighted by molar-refractivity contribution is 7.20. The van der Waals surface area contributed by atoms with Crippen LogP contribution in [0, 0.1) is 0 Å². The first-order valence-electron chi connectivity index (χ1n) is 6.79. The first-order valence-corrected chi connectivity index (χ1v) is 8.49. The summed E-state index contributed by atoms with van der Waals surface area (Å²) in [5.74, 6) is 2.09. The van der Waals surface area contributed by atoms with Gasteiger partial charge in [0, 0.05) is 0 Å². The molecule has 0 aliphatic heterocycles. The van der Waals surface area contributed by atoms with E-state index in [0.717, 1.165) is 26.2 Å². The van der Waals surface area contributed by atoms with Gasteiger partial charge in [0.1, 0.15) is 0 Å². The van der Waals surface area contributed by atoms with Gasteiger partial charge in [-0.25, -0.2) is 0 Å². The summed E-state index contributed by atoms with van der Waals surface area (Å²) < 4.78 is 12.6. The van der Waals surface area contributed by atoms with Crippen LogP contribution in [0.4, 0.5) is 0 Å². The lowest BCUT2D eigenvalue weighted by atomic mass is 10.2. The van der Waals surface area contributed by atoms with Crippen LogP contribution in [0.2, 0.25) is 0 Å². The van der Waals surface area contributed by atoms with Crippen LogP contribution in [0.1, 0.15) is 0 Å². The lowest BCUT2D eigenvalue weighted by Gasteiger charge is -2.10. The molecule has 4 aromatic rings. The summed E-state index contributed by atoms with van der Waals surface area (Å²) in [5, 5.41) is 15.9. The van der Waals surface area contributed by atoms with E-state index in [2.05, 4.69) is 15.3 Å². The number of rotatable bonds is 4. The molecule has 0 aliphatic carbocycles. The minimum atomic E-state index is 0.664. The Morgan fingerprint density at radius 1 is 1.04 bits per heavy atom. The maximum atomic E-state index is 5.50. The van der Waals surface area contributed by atoms with E-state index in [1.807, 2.05) is 35.7 Å². The van der Waals surface area contributed by atoms with Crippen molar-refractivity contribution in [1.29, 1.82) is 0 Å². The Kier molecular flexibility index (Phi) is 3.47. The Bertz CT molecular complexity index is 959. The first kappa shape index (κ1) is 14.2. The summed E-state index contributed by atoms with van der Waals surface area (Å²) in [5.41, 5.74) is 0.875. The van der Waals surface area contributed by atoms with Crippen molar-refractivity contribution in [3.63, 3.8) is 0 Å². The predicted molar refractivity (Wildman–Crippen MR) is 90.5 cm³/mol. The molecule has 0 atom stereocenters. The number of ether oxygens (including phenoxy) is 2. The van der Waals surface area contributed by atoms with Crippen LogP contribution in [0.3, 0.4) is 0 Å². The van der Waals surface area contributed by atoms with E-state index in [9.17, 15) is 0 Å². The fourth-order valence-corrected chi connectivity index (χ4v) is 3.90. The van der Waals surface area contributed by atoms with E-state index in [1.54, 1.807) is 30.1 Å². The SMILES string of the molecule is COc1cccc(-c2nn3c(-c4cccs4)nnc3s2)c1OC. The molecule has 0 saturated carbocycles. The standard InChI is InChI=1S/C15H12N4O2S2/c1-20-10-6-3-5-9(12(10)21-2)14-18-19-13(11-7-4-8-22-11)16-17-15(19)23-14/h3-8H,1-2H3. The molecular weight excluding hydrogens is 332 g/mol. The molecule has 0 spiro atoms. The van der Waals surface area contributed by atoms with Crippen LogP contribution in [0.15, 0.2) is 35.7 Å². The highest BCUT2D eigenvalue weighted by Gasteiger charge is 2.19. The van der Waals surface area contributed by atoms with Crippen LogP contribution in [0.25, 0.3) is 26.2 Å². The molecule has 1 aromatic carbocycles. The van der Waals surface area contributed by atoms with Gasteiger partial charge in [-0.05, 0) is 23.6 Å². The second-order valence-corrected chi connectivity index (χ2v) is 6.55. The highest BCUT2D eigenvalue weighted by atomic mass is 32.1. The van der Waals surface area contributed by atoms with Crippen molar-refractivity contribution in [3.8, 4) is 32.8 Å². The Morgan fingerprint density at radius 2 is 1.96 bits per heavy atom. The molecule has 3 aromatic heterocycles. The molecule has 0 fully saturated rings. The molecule has 0 radical (unpaired) electrons. The molecule has 8 heteroatoms. The number of fused-ring (bicyclic) bond motifs is 1. The lowest BCUT2D eigenvalue weighted by Crippen LogP contribution is -1.94.